The van der Waals surface area contributed by atoms with Gasteiger partial charge in [-0.1, -0.05) is 6.07 Å². The van der Waals surface area contributed by atoms with E-state index in [4.69, 9.17) is 5.73 Å². The summed E-state index contributed by atoms with van der Waals surface area (Å²) in [5.41, 5.74) is 7.78. The molecule has 2 aromatic rings. The highest BCUT2D eigenvalue weighted by atomic mass is 32.1. The lowest BCUT2D eigenvalue weighted by Gasteiger charge is -2.08. The lowest BCUT2D eigenvalue weighted by molar-refractivity contribution is 0.790. The van der Waals surface area contributed by atoms with E-state index in [1.54, 1.807) is 11.3 Å². The number of hydrogen-bond donors (Lipinski definition) is 1. The smallest absolute Gasteiger partial charge is 0.169 e. The maximum Gasteiger partial charge on any atom is 0.169 e. The third kappa shape index (κ3) is 2.06. The van der Waals surface area contributed by atoms with Gasteiger partial charge in [0.15, 0.2) is 5.82 Å². The van der Waals surface area contributed by atoms with Gasteiger partial charge in [0.25, 0.3) is 0 Å². The summed E-state index contributed by atoms with van der Waals surface area (Å²) in [7, 11) is 0. The Morgan fingerprint density at radius 2 is 2.27 bits per heavy atom. The van der Waals surface area contributed by atoms with Gasteiger partial charge in [-0.05, 0) is 25.3 Å². The largest absolute Gasteiger partial charge is 0.324 e. The van der Waals surface area contributed by atoms with Gasteiger partial charge in [0.2, 0.25) is 0 Å². The summed E-state index contributed by atoms with van der Waals surface area (Å²) in [5, 5.41) is 2.02. The second kappa shape index (κ2) is 4.08. The van der Waals surface area contributed by atoms with Crippen LogP contribution in [-0.2, 0) is 0 Å². The molecule has 0 amide bonds. The Labute approximate surface area is 93.0 Å². The summed E-state index contributed by atoms with van der Waals surface area (Å²) >= 11 is 1.64. The molecule has 0 aliphatic rings. The van der Waals surface area contributed by atoms with E-state index in [0.29, 0.717) is 0 Å². The minimum Gasteiger partial charge on any atom is -0.324 e. The van der Waals surface area contributed by atoms with Crippen molar-refractivity contribution >= 4 is 11.3 Å². The van der Waals surface area contributed by atoms with E-state index in [1.165, 1.54) is 0 Å². The molecular formula is C11H13N3S. The van der Waals surface area contributed by atoms with Crippen molar-refractivity contribution in [2.24, 2.45) is 5.73 Å². The number of thiophene rings is 1. The Morgan fingerprint density at radius 1 is 1.47 bits per heavy atom. The highest BCUT2D eigenvalue weighted by molar-refractivity contribution is 7.13. The number of aryl methyl sites for hydroxylation is 1. The maximum atomic E-state index is 5.81. The Balaban J connectivity index is 2.42. The summed E-state index contributed by atoms with van der Waals surface area (Å²) < 4.78 is 0. The van der Waals surface area contributed by atoms with E-state index >= 15 is 0 Å². The first-order chi connectivity index (χ1) is 7.18. The van der Waals surface area contributed by atoms with Crippen LogP contribution in [0.25, 0.3) is 10.7 Å². The molecule has 2 aromatic heterocycles. The van der Waals surface area contributed by atoms with Crippen molar-refractivity contribution in [3.63, 3.8) is 0 Å². The number of hydrogen-bond acceptors (Lipinski definition) is 4. The van der Waals surface area contributed by atoms with Crippen molar-refractivity contribution < 1.29 is 0 Å². The predicted octanol–water partition coefficient (Wildman–Crippen LogP) is 2.53. The van der Waals surface area contributed by atoms with Gasteiger partial charge in [-0.2, -0.15) is 0 Å². The Hall–Kier alpha value is -1.26. The zero-order valence-corrected chi connectivity index (χ0v) is 9.58. The molecule has 3 nitrogen and oxygen atoms in total. The summed E-state index contributed by atoms with van der Waals surface area (Å²) in [6, 6.07) is 4.01. The molecule has 0 fully saturated rings. The number of rotatable bonds is 2. The van der Waals surface area contributed by atoms with Crippen LogP contribution in [0.4, 0.5) is 0 Å². The normalized spacial score (nSPS) is 12.7. The van der Waals surface area contributed by atoms with E-state index in [0.717, 1.165) is 22.0 Å². The summed E-state index contributed by atoms with van der Waals surface area (Å²) in [6.07, 6.45) is 1.82. The van der Waals surface area contributed by atoms with Crippen LogP contribution in [0.15, 0.2) is 23.7 Å². The first kappa shape index (κ1) is 10.3. The molecule has 0 radical (unpaired) electrons. The monoisotopic (exact) mass is 219 g/mol. The zero-order valence-electron chi connectivity index (χ0n) is 8.77. The minimum absolute atomic E-state index is 0.0117. The zero-order chi connectivity index (χ0) is 10.8. The summed E-state index contributed by atoms with van der Waals surface area (Å²) in [4.78, 5) is 9.87. The van der Waals surface area contributed by atoms with Gasteiger partial charge >= 0.3 is 0 Å². The third-order valence-corrected chi connectivity index (χ3v) is 3.12. The van der Waals surface area contributed by atoms with Gasteiger partial charge in [-0.25, -0.2) is 9.97 Å². The Kier molecular flexibility index (Phi) is 2.79. The average Bonchev–Trinajstić information content (AvgIpc) is 2.69. The molecule has 2 rings (SSSR count). The molecule has 0 unspecified atom stereocenters. The second-order valence-corrected chi connectivity index (χ2v) is 4.45. The first-order valence-corrected chi connectivity index (χ1v) is 5.69. The van der Waals surface area contributed by atoms with Crippen LogP contribution in [0, 0.1) is 6.92 Å². The second-order valence-electron chi connectivity index (χ2n) is 3.50. The molecule has 0 saturated carbocycles. The summed E-state index contributed by atoms with van der Waals surface area (Å²) in [6.45, 7) is 3.91. The summed E-state index contributed by atoms with van der Waals surface area (Å²) in [5.74, 6) is 0.784. The van der Waals surface area contributed by atoms with Crippen LogP contribution in [0.1, 0.15) is 24.2 Å². The van der Waals surface area contributed by atoms with Gasteiger partial charge < -0.3 is 5.73 Å². The molecule has 15 heavy (non-hydrogen) atoms. The third-order valence-electron chi connectivity index (χ3n) is 2.25. The Bertz CT molecular complexity index is 449. The molecule has 4 heteroatoms. The van der Waals surface area contributed by atoms with Gasteiger partial charge in [0.05, 0.1) is 4.88 Å². The molecule has 0 aromatic carbocycles. The van der Waals surface area contributed by atoms with Crippen molar-refractivity contribution in [2.45, 2.75) is 19.9 Å². The number of aromatic nitrogens is 2. The SMILES string of the molecule is Cc1nc(-c2cccs2)ncc1[C@H](C)N. The van der Waals surface area contributed by atoms with Gasteiger partial charge in [0.1, 0.15) is 0 Å². The van der Waals surface area contributed by atoms with Gasteiger partial charge in [-0.3, -0.25) is 0 Å². The molecule has 0 bridgehead atoms. The van der Waals surface area contributed by atoms with E-state index in [1.807, 2.05) is 37.6 Å². The molecule has 2 N–H and O–H groups in total. The quantitative estimate of drug-likeness (QED) is 0.844. The van der Waals surface area contributed by atoms with Crippen molar-refractivity contribution in [3.8, 4) is 10.7 Å². The first-order valence-electron chi connectivity index (χ1n) is 4.81. The molecule has 0 saturated heterocycles. The van der Waals surface area contributed by atoms with E-state index in [2.05, 4.69) is 9.97 Å². The number of nitrogens with zero attached hydrogens (tertiary/aromatic N) is 2. The maximum absolute atomic E-state index is 5.81. The van der Waals surface area contributed by atoms with Gasteiger partial charge in [-0.15, -0.1) is 11.3 Å². The van der Waals surface area contributed by atoms with Crippen LogP contribution in [0.2, 0.25) is 0 Å². The predicted molar refractivity (Wildman–Crippen MR) is 62.7 cm³/mol. The molecule has 0 spiro atoms. The molecule has 78 valence electrons. The van der Waals surface area contributed by atoms with Crippen LogP contribution in [0.3, 0.4) is 0 Å². The fourth-order valence-corrected chi connectivity index (χ4v) is 2.11. The molecular weight excluding hydrogens is 206 g/mol. The highest BCUT2D eigenvalue weighted by Gasteiger charge is 2.08. The van der Waals surface area contributed by atoms with Gasteiger partial charge in [0, 0.05) is 23.5 Å². The van der Waals surface area contributed by atoms with E-state index in [9.17, 15) is 0 Å². The highest BCUT2D eigenvalue weighted by Crippen LogP contribution is 2.22. The van der Waals surface area contributed by atoms with E-state index in [-0.39, 0.29) is 6.04 Å². The average molecular weight is 219 g/mol. The molecule has 0 aliphatic carbocycles. The van der Waals surface area contributed by atoms with Crippen LogP contribution in [-0.4, -0.2) is 9.97 Å². The lowest BCUT2D eigenvalue weighted by atomic mass is 10.1. The van der Waals surface area contributed by atoms with Crippen molar-refractivity contribution in [1.29, 1.82) is 0 Å². The Morgan fingerprint density at radius 3 is 2.80 bits per heavy atom. The van der Waals surface area contributed by atoms with Crippen LogP contribution < -0.4 is 5.73 Å². The van der Waals surface area contributed by atoms with Crippen LogP contribution >= 0.6 is 11.3 Å². The standard InChI is InChI=1S/C11H13N3S/c1-7(12)9-6-13-11(14-8(9)2)10-4-3-5-15-10/h3-7H,12H2,1-2H3/t7-/m0/s1. The fraction of sp³-hybridized carbons (Fsp3) is 0.273. The van der Waals surface area contributed by atoms with Crippen molar-refractivity contribution in [1.82, 2.24) is 9.97 Å². The molecule has 2 heterocycles. The van der Waals surface area contributed by atoms with E-state index < -0.39 is 0 Å². The van der Waals surface area contributed by atoms with Crippen molar-refractivity contribution in [2.75, 3.05) is 0 Å². The fourth-order valence-electron chi connectivity index (χ4n) is 1.45. The minimum atomic E-state index is -0.0117. The van der Waals surface area contributed by atoms with Crippen molar-refractivity contribution in [3.05, 3.63) is 35.0 Å². The number of nitrogens with two attached hydrogens (primary N) is 1. The topological polar surface area (TPSA) is 51.8 Å². The van der Waals surface area contributed by atoms with Crippen LogP contribution in [0.5, 0.6) is 0 Å². The lowest BCUT2D eigenvalue weighted by Crippen LogP contribution is -2.09. The molecule has 0 aliphatic heterocycles. The molecule has 1 atom stereocenters.